The quantitative estimate of drug-likeness (QED) is 0.0886. The molecular formula is C25H40O16. The Morgan fingerprint density at radius 1 is 0.756 bits per heavy atom. The van der Waals surface area contributed by atoms with E-state index in [1.165, 1.54) is 6.08 Å². The molecule has 0 aromatic rings. The van der Waals surface area contributed by atoms with E-state index in [2.05, 4.69) is 6.58 Å². The molecule has 41 heavy (non-hydrogen) atoms. The smallest absolute Gasteiger partial charge is 0.309 e. The van der Waals surface area contributed by atoms with E-state index >= 15 is 0 Å². The van der Waals surface area contributed by atoms with Crippen molar-refractivity contribution >= 4 is 11.9 Å². The summed E-state index contributed by atoms with van der Waals surface area (Å²) in [5.74, 6) is -3.58. The Morgan fingerprint density at radius 3 is 1.80 bits per heavy atom. The average Bonchev–Trinajstić information content (AvgIpc) is 2.98. The normalized spacial score (nSPS) is 43.2. The number of esters is 2. The summed E-state index contributed by atoms with van der Waals surface area (Å²) in [6.45, 7) is 2.37. The molecule has 1 saturated carbocycles. The number of methoxy groups -OCH3 is 2. The van der Waals surface area contributed by atoms with Crippen LogP contribution in [0.3, 0.4) is 0 Å². The van der Waals surface area contributed by atoms with Gasteiger partial charge in [-0.15, -0.1) is 6.58 Å². The Morgan fingerprint density at radius 2 is 1.27 bits per heavy atom. The molecule has 0 bridgehead atoms. The number of hydrogen-bond acceptors (Lipinski definition) is 16. The number of carbonyl (C=O) groups excluding carboxylic acids is 2. The van der Waals surface area contributed by atoms with E-state index in [1.54, 1.807) is 0 Å². The van der Waals surface area contributed by atoms with Gasteiger partial charge in [0.2, 0.25) is 0 Å². The van der Waals surface area contributed by atoms with Gasteiger partial charge in [0.15, 0.2) is 12.6 Å². The number of aliphatic hydroxyl groups is 7. The molecule has 0 aromatic heterocycles. The number of aliphatic hydroxyl groups excluding tert-OH is 7. The maximum atomic E-state index is 12.6. The van der Waals surface area contributed by atoms with Gasteiger partial charge in [0.05, 0.1) is 58.1 Å². The summed E-state index contributed by atoms with van der Waals surface area (Å²) in [4.78, 5) is 25.2. The molecule has 236 valence electrons. The fourth-order valence-corrected chi connectivity index (χ4v) is 5.20. The van der Waals surface area contributed by atoms with E-state index in [-0.39, 0.29) is 19.4 Å². The predicted octanol–water partition coefficient (Wildman–Crippen LogP) is -4.06. The standard InChI is InChI=1S/C25H40O16/c1-4-5-37-24-20(31)19(30)17(28)15(41-24)9-38-12-6-10(22(33)35-2)11(23(34)36-3)7-13(12)39-25-21(32)18(29)16(27)14(8-26)40-25/h4,10-21,24-32H,1,5-9H2,2-3H3/t10-,11-,12-,13-,14+,15+,16+,17+,18-,19-,20-,21-,24-,25-/m0/s1. The lowest BCUT2D eigenvalue weighted by Gasteiger charge is -2.45. The van der Waals surface area contributed by atoms with Crippen LogP contribution in [0.5, 0.6) is 0 Å². The second-order valence-electron chi connectivity index (χ2n) is 10.1. The molecule has 0 amide bonds. The second kappa shape index (κ2) is 15.1. The minimum atomic E-state index is -1.76. The zero-order valence-electron chi connectivity index (χ0n) is 22.7. The maximum absolute atomic E-state index is 12.6. The van der Waals surface area contributed by atoms with Gasteiger partial charge in [-0.2, -0.15) is 0 Å². The maximum Gasteiger partial charge on any atom is 0.309 e. The van der Waals surface area contributed by atoms with Crippen molar-refractivity contribution < 1.29 is 78.5 Å². The van der Waals surface area contributed by atoms with Gasteiger partial charge in [-0.3, -0.25) is 9.59 Å². The van der Waals surface area contributed by atoms with E-state index in [0.717, 1.165) is 14.2 Å². The first-order valence-corrected chi connectivity index (χ1v) is 13.1. The van der Waals surface area contributed by atoms with Gasteiger partial charge in [0.1, 0.15) is 48.8 Å². The van der Waals surface area contributed by atoms with E-state index in [0.29, 0.717) is 0 Å². The molecule has 14 atom stereocenters. The van der Waals surface area contributed by atoms with Crippen LogP contribution in [0.4, 0.5) is 0 Å². The van der Waals surface area contributed by atoms with E-state index in [1.807, 2.05) is 0 Å². The molecule has 0 radical (unpaired) electrons. The van der Waals surface area contributed by atoms with Gasteiger partial charge in [-0.05, 0) is 12.8 Å². The van der Waals surface area contributed by atoms with Crippen LogP contribution in [0.2, 0.25) is 0 Å². The van der Waals surface area contributed by atoms with Crippen LogP contribution >= 0.6 is 0 Å². The van der Waals surface area contributed by atoms with Crippen molar-refractivity contribution in [2.45, 2.75) is 86.5 Å². The summed E-state index contributed by atoms with van der Waals surface area (Å²) in [5, 5.41) is 71.2. The molecule has 0 aromatic carbocycles. The highest BCUT2D eigenvalue weighted by atomic mass is 16.7. The van der Waals surface area contributed by atoms with E-state index in [9.17, 15) is 45.3 Å². The molecule has 1 aliphatic carbocycles. The minimum Gasteiger partial charge on any atom is -0.469 e. The van der Waals surface area contributed by atoms with Gasteiger partial charge in [-0.25, -0.2) is 0 Å². The number of hydrogen-bond donors (Lipinski definition) is 7. The second-order valence-corrected chi connectivity index (χ2v) is 10.1. The van der Waals surface area contributed by atoms with Crippen LogP contribution in [0.1, 0.15) is 12.8 Å². The highest BCUT2D eigenvalue weighted by Crippen LogP contribution is 2.38. The lowest BCUT2D eigenvalue weighted by molar-refractivity contribution is -0.326. The highest BCUT2D eigenvalue weighted by molar-refractivity contribution is 5.82. The molecule has 16 nitrogen and oxygen atoms in total. The van der Waals surface area contributed by atoms with Crippen molar-refractivity contribution in [1.29, 1.82) is 0 Å². The topological polar surface area (TPSA) is 240 Å². The zero-order valence-corrected chi connectivity index (χ0v) is 22.7. The summed E-state index contributed by atoms with van der Waals surface area (Å²) in [6.07, 6.45) is -16.5. The monoisotopic (exact) mass is 596 g/mol. The number of ether oxygens (including phenoxy) is 7. The SMILES string of the molecule is C=CCO[C@H]1O[C@H](CO[C@H]2C[C@H](C(=O)OC)[C@@H](C(=O)OC)C[C@@H]2O[C@H]2O[C@H](CO)[C@@H](O)[C@H](O)[C@@H]2O)[C@@H](O)[C@H](O)[C@@H]1O. The third-order valence-electron chi connectivity index (χ3n) is 7.56. The molecule has 2 saturated heterocycles. The summed E-state index contributed by atoms with van der Waals surface area (Å²) >= 11 is 0. The Hall–Kier alpha value is -1.80. The van der Waals surface area contributed by atoms with Gasteiger partial charge in [0.25, 0.3) is 0 Å². The van der Waals surface area contributed by atoms with E-state index < -0.39 is 111 Å². The van der Waals surface area contributed by atoms with E-state index in [4.69, 9.17) is 33.2 Å². The molecule has 2 heterocycles. The van der Waals surface area contributed by atoms with Gasteiger partial charge in [0, 0.05) is 0 Å². The van der Waals surface area contributed by atoms with Gasteiger partial charge in [-0.1, -0.05) is 6.08 Å². The molecule has 3 aliphatic rings. The van der Waals surface area contributed by atoms with Crippen molar-refractivity contribution in [2.75, 3.05) is 34.0 Å². The molecule has 3 fully saturated rings. The van der Waals surface area contributed by atoms with Crippen LogP contribution in [0, 0.1) is 11.8 Å². The van der Waals surface area contributed by atoms with Crippen molar-refractivity contribution in [3.63, 3.8) is 0 Å². The van der Waals surface area contributed by atoms with Crippen LogP contribution in [0.25, 0.3) is 0 Å². The molecule has 0 spiro atoms. The van der Waals surface area contributed by atoms with Crippen molar-refractivity contribution in [2.24, 2.45) is 11.8 Å². The summed E-state index contributed by atoms with van der Waals surface area (Å²) in [6, 6.07) is 0. The lowest BCUT2D eigenvalue weighted by atomic mass is 9.76. The van der Waals surface area contributed by atoms with Crippen LogP contribution < -0.4 is 0 Å². The van der Waals surface area contributed by atoms with Crippen LogP contribution in [0.15, 0.2) is 12.7 Å². The first kappa shape index (κ1) is 33.7. The Kier molecular flexibility index (Phi) is 12.4. The predicted molar refractivity (Wildman–Crippen MR) is 131 cm³/mol. The summed E-state index contributed by atoms with van der Waals surface area (Å²) < 4.78 is 37.9. The minimum absolute atomic E-state index is 0.0223. The molecule has 0 unspecified atom stereocenters. The largest absolute Gasteiger partial charge is 0.469 e. The Bertz CT molecular complexity index is 871. The first-order chi connectivity index (χ1) is 19.5. The molecule has 16 heteroatoms. The molecule has 7 N–H and O–H groups in total. The Labute approximate surface area is 235 Å². The molecule has 2 aliphatic heterocycles. The van der Waals surface area contributed by atoms with Crippen molar-refractivity contribution in [3.05, 3.63) is 12.7 Å². The van der Waals surface area contributed by atoms with Crippen LogP contribution in [-0.2, 0) is 42.7 Å². The fraction of sp³-hybridized carbons (Fsp3) is 0.840. The third kappa shape index (κ3) is 7.59. The number of carbonyl (C=O) groups is 2. The molecular weight excluding hydrogens is 556 g/mol. The summed E-state index contributed by atoms with van der Waals surface area (Å²) in [5.41, 5.74) is 0. The van der Waals surface area contributed by atoms with Crippen molar-refractivity contribution in [1.82, 2.24) is 0 Å². The lowest BCUT2D eigenvalue weighted by Crippen LogP contribution is -2.61. The number of rotatable bonds is 11. The Balaban J connectivity index is 1.83. The fourth-order valence-electron chi connectivity index (χ4n) is 5.20. The van der Waals surface area contributed by atoms with Gasteiger partial charge < -0.3 is 68.9 Å². The van der Waals surface area contributed by atoms with Gasteiger partial charge >= 0.3 is 11.9 Å². The highest BCUT2D eigenvalue weighted by Gasteiger charge is 2.51. The average molecular weight is 597 g/mol. The summed E-state index contributed by atoms with van der Waals surface area (Å²) in [7, 11) is 2.28. The van der Waals surface area contributed by atoms with Crippen LogP contribution in [-0.4, -0.2) is 155 Å². The zero-order chi connectivity index (χ0) is 30.4. The first-order valence-electron chi connectivity index (χ1n) is 13.1. The van der Waals surface area contributed by atoms with Crippen molar-refractivity contribution in [3.8, 4) is 0 Å². The molecule has 3 rings (SSSR count). The third-order valence-corrected chi connectivity index (χ3v) is 7.56.